The number of likely N-dealkylation sites (tertiary alicyclic amines) is 1. The van der Waals surface area contributed by atoms with E-state index >= 15 is 0 Å². The molecule has 4 aromatic rings. The predicted molar refractivity (Wildman–Crippen MR) is 130 cm³/mol. The Morgan fingerprint density at radius 3 is 2.65 bits per heavy atom. The van der Waals surface area contributed by atoms with E-state index in [4.69, 9.17) is 4.74 Å². The number of para-hydroxylation sites is 1. The highest BCUT2D eigenvalue weighted by Crippen LogP contribution is 2.26. The number of esters is 1. The predicted octanol–water partition coefficient (Wildman–Crippen LogP) is 3.57. The van der Waals surface area contributed by atoms with Crippen molar-refractivity contribution in [1.29, 1.82) is 0 Å². The molecule has 7 nitrogen and oxygen atoms in total. The van der Waals surface area contributed by atoms with E-state index in [-0.39, 0.29) is 17.9 Å². The van der Waals surface area contributed by atoms with Gasteiger partial charge in [-0.25, -0.2) is 4.68 Å². The fourth-order valence-corrected chi connectivity index (χ4v) is 4.75. The van der Waals surface area contributed by atoms with E-state index in [1.54, 1.807) is 23.1 Å². The smallest absolute Gasteiger partial charge is 0.323 e. The van der Waals surface area contributed by atoms with Crippen LogP contribution >= 0.6 is 0 Å². The third-order valence-electron chi connectivity index (χ3n) is 6.37. The number of carbonyl (C=O) groups excluding carboxylic acids is 2. The Hall–Kier alpha value is -3.97. The lowest BCUT2D eigenvalue weighted by atomic mass is 10.0. The molecule has 2 heterocycles. The quantitative estimate of drug-likeness (QED) is 0.451. The van der Waals surface area contributed by atoms with Crippen molar-refractivity contribution in [3.63, 3.8) is 0 Å². The number of fused-ring (bicyclic) bond motifs is 1. The van der Waals surface area contributed by atoms with Crippen LogP contribution in [0.15, 0.2) is 85.2 Å². The molecule has 1 aromatic heterocycles. The number of aromatic nitrogens is 2. The minimum Gasteiger partial charge on any atom is -0.468 e. The zero-order valence-electron chi connectivity index (χ0n) is 18.9. The Kier molecular flexibility index (Phi) is 6.10. The van der Waals surface area contributed by atoms with E-state index in [1.165, 1.54) is 7.11 Å². The molecule has 0 bridgehead atoms. The van der Waals surface area contributed by atoms with Gasteiger partial charge in [-0.3, -0.25) is 14.5 Å². The van der Waals surface area contributed by atoms with Gasteiger partial charge in [0, 0.05) is 31.5 Å². The van der Waals surface area contributed by atoms with Crippen molar-refractivity contribution in [3.8, 4) is 5.69 Å². The number of benzene rings is 3. The van der Waals surface area contributed by atoms with Gasteiger partial charge in [0.1, 0.15) is 6.04 Å². The summed E-state index contributed by atoms with van der Waals surface area (Å²) < 4.78 is 6.76. The standard InChI is InChI=1S/C27H26N4O3/c1-34-27(33)25-16-21(18-30(25)17-20-10-6-9-19-8-2-3-11-22(19)20)29-26(32)23-12-4-5-13-24(23)31-15-7-14-28-31/h2-15,21,25H,16-18H2,1H3,(H,29,32)/t21-,25-/m0/s1. The van der Waals surface area contributed by atoms with Gasteiger partial charge < -0.3 is 10.1 Å². The van der Waals surface area contributed by atoms with Crippen LogP contribution in [0.3, 0.4) is 0 Å². The molecule has 34 heavy (non-hydrogen) atoms. The number of amides is 1. The summed E-state index contributed by atoms with van der Waals surface area (Å²) in [5.41, 5.74) is 2.39. The minimum absolute atomic E-state index is 0.183. The molecule has 1 saturated heterocycles. The van der Waals surface area contributed by atoms with Gasteiger partial charge in [-0.1, -0.05) is 54.6 Å². The average molecular weight is 455 g/mol. The van der Waals surface area contributed by atoms with Gasteiger partial charge in [0.2, 0.25) is 0 Å². The lowest BCUT2D eigenvalue weighted by molar-refractivity contribution is -0.146. The van der Waals surface area contributed by atoms with E-state index in [2.05, 4.69) is 39.6 Å². The van der Waals surface area contributed by atoms with Crippen LogP contribution in [-0.4, -0.2) is 52.3 Å². The van der Waals surface area contributed by atoms with E-state index in [0.717, 1.165) is 16.3 Å². The minimum atomic E-state index is -0.421. The number of hydrogen-bond donors (Lipinski definition) is 1. The van der Waals surface area contributed by atoms with Crippen molar-refractivity contribution < 1.29 is 14.3 Å². The summed E-state index contributed by atoms with van der Waals surface area (Å²) in [5, 5.41) is 9.71. The zero-order valence-corrected chi connectivity index (χ0v) is 18.9. The molecule has 3 aromatic carbocycles. The molecule has 1 aliphatic heterocycles. The first-order chi connectivity index (χ1) is 16.6. The molecular formula is C27H26N4O3. The highest BCUT2D eigenvalue weighted by Gasteiger charge is 2.38. The van der Waals surface area contributed by atoms with Gasteiger partial charge in [0.25, 0.3) is 5.91 Å². The van der Waals surface area contributed by atoms with Crippen molar-refractivity contribution in [3.05, 3.63) is 96.3 Å². The van der Waals surface area contributed by atoms with E-state index < -0.39 is 6.04 Å². The highest BCUT2D eigenvalue weighted by atomic mass is 16.5. The molecule has 1 fully saturated rings. The number of methoxy groups -OCH3 is 1. The van der Waals surface area contributed by atoms with Crippen molar-refractivity contribution in [2.24, 2.45) is 0 Å². The molecule has 0 unspecified atom stereocenters. The first-order valence-electron chi connectivity index (χ1n) is 11.3. The van der Waals surface area contributed by atoms with Crippen LogP contribution in [-0.2, 0) is 16.1 Å². The average Bonchev–Trinajstić information content (AvgIpc) is 3.54. The van der Waals surface area contributed by atoms with Gasteiger partial charge in [0.15, 0.2) is 0 Å². The van der Waals surface area contributed by atoms with Crippen molar-refractivity contribution in [2.45, 2.75) is 25.0 Å². The summed E-state index contributed by atoms with van der Waals surface area (Å²) in [5.74, 6) is -0.472. The summed E-state index contributed by atoms with van der Waals surface area (Å²) in [7, 11) is 1.41. The molecule has 7 heteroatoms. The van der Waals surface area contributed by atoms with Crippen LogP contribution < -0.4 is 5.32 Å². The number of carbonyl (C=O) groups is 2. The van der Waals surface area contributed by atoms with Gasteiger partial charge in [-0.2, -0.15) is 5.10 Å². The van der Waals surface area contributed by atoms with Gasteiger partial charge in [0.05, 0.1) is 18.4 Å². The summed E-state index contributed by atoms with van der Waals surface area (Å²) >= 11 is 0. The lowest BCUT2D eigenvalue weighted by Crippen LogP contribution is -2.38. The zero-order chi connectivity index (χ0) is 23.5. The van der Waals surface area contributed by atoms with Crippen LogP contribution in [0, 0.1) is 0 Å². The number of nitrogens with one attached hydrogen (secondary N) is 1. The van der Waals surface area contributed by atoms with Crippen molar-refractivity contribution in [1.82, 2.24) is 20.0 Å². The Labute approximate surface area is 197 Å². The number of ether oxygens (including phenoxy) is 1. The Bertz CT molecular complexity index is 1310. The van der Waals surface area contributed by atoms with Gasteiger partial charge in [-0.05, 0) is 41.0 Å². The van der Waals surface area contributed by atoms with Crippen LogP contribution in [0.5, 0.6) is 0 Å². The maximum absolute atomic E-state index is 13.2. The molecule has 0 aliphatic carbocycles. The summed E-state index contributed by atoms with van der Waals surface area (Å²) in [6.07, 6.45) is 3.98. The Balaban J connectivity index is 1.36. The van der Waals surface area contributed by atoms with E-state index in [9.17, 15) is 9.59 Å². The normalized spacial score (nSPS) is 18.1. The molecule has 2 atom stereocenters. The summed E-state index contributed by atoms with van der Waals surface area (Å²) in [6, 6.07) is 23.0. The summed E-state index contributed by atoms with van der Waals surface area (Å²) in [6.45, 7) is 1.15. The monoisotopic (exact) mass is 454 g/mol. The maximum Gasteiger partial charge on any atom is 0.323 e. The molecule has 1 aliphatic rings. The second-order valence-corrected chi connectivity index (χ2v) is 8.48. The van der Waals surface area contributed by atoms with Crippen LogP contribution in [0.2, 0.25) is 0 Å². The van der Waals surface area contributed by atoms with Crippen molar-refractivity contribution >= 4 is 22.6 Å². The summed E-state index contributed by atoms with van der Waals surface area (Å²) in [4.78, 5) is 27.9. The van der Waals surface area contributed by atoms with Gasteiger partial charge in [-0.15, -0.1) is 0 Å². The SMILES string of the molecule is COC(=O)[C@@H]1C[C@H](NC(=O)c2ccccc2-n2cccn2)CN1Cc1cccc2ccccc12. The van der Waals surface area contributed by atoms with Crippen LogP contribution in [0.1, 0.15) is 22.3 Å². The number of nitrogens with zero attached hydrogens (tertiary/aromatic N) is 3. The lowest BCUT2D eigenvalue weighted by Gasteiger charge is -2.23. The molecule has 0 radical (unpaired) electrons. The highest BCUT2D eigenvalue weighted by molar-refractivity contribution is 5.98. The molecule has 1 amide bonds. The third kappa shape index (κ3) is 4.30. The Morgan fingerprint density at radius 1 is 1.03 bits per heavy atom. The number of rotatable bonds is 6. The second kappa shape index (κ2) is 9.49. The molecular weight excluding hydrogens is 428 g/mol. The van der Waals surface area contributed by atoms with Crippen LogP contribution in [0.25, 0.3) is 16.5 Å². The largest absolute Gasteiger partial charge is 0.468 e. The second-order valence-electron chi connectivity index (χ2n) is 8.48. The van der Waals surface area contributed by atoms with Crippen LogP contribution in [0.4, 0.5) is 0 Å². The van der Waals surface area contributed by atoms with Crippen molar-refractivity contribution in [2.75, 3.05) is 13.7 Å². The molecule has 5 rings (SSSR count). The molecule has 172 valence electrons. The van der Waals surface area contributed by atoms with Gasteiger partial charge >= 0.3 is 5.97 Å². The van der Waals surface area contributed by atoms with E-state index in [1.807, 2.05) is 42.5 Å². The fraction of sp³-hybridized carbons (Fsp3) is 0.222. The number of hydrogen-bond acceptors (Lipinski definition) is 5. The first kappa shape index (κ1) is 21.9. The third-order valence-corrected chi connectivity index (χ3v) is 6.37. The first-order valence-corrected chi connectivity index (χ1v) is 11.3. The van der Waals surface area contributed by atoms with E-state index in [0.29, 0.717) is 30.8 Å². The fourth-order valence-electron chi connectivity index (χ4n) is 4.75. The molecule has 0 saturated carbocycles. The topological polar surface area (TPSA) is 76.5 Å². The Morgan fingerprint density at radius 2 is 1.82 bits per heavy atom. The molecule has 1 N–H and O–H groups in total. The maximum atomic E-state index is 13.2. The molecule has 0 spiro atoms.